The molecule has 1 aromatic heterocycles. The number of hydrogen-bond donors (Lipinski definition) is 2. The summed E-state index contributed by atoms with van der Waals surface area (Å²) in [5, 5.41) is 5.56. The maximum absolute atomic E-state index is 12.6. The van der Waals surface area contributed by atoms with Crippen LogP contribution in [0.4, 0.5) is 11.4 Å². The first-order chi connectivity index (χ1) is 12.6. The Morgan fingerprint density at radius 3 is 2.42 bits per heavy atom. The van der Waals surface area contributed by atoms with Gasteiger partial charge in [0, 0.05) is 11.8 Å². The van der Waals surface area contributed by atoms with Gasteiger partial charge in [0.2, 0.25) is 0 Å². The minimum atomic E-state index is -0.335. The number of ether oxygens (including phenoxy) is 1. The first-order valence-electron chi connectivity index (χ1n) is 7.98. The van der Waals surface area contributed by atoms with Crippen LogP contribution in [-0.2, 0) is 0 Å². The van der Waals surface area contributed by atoms with E-state index in [4.69, 9.17) is 9.15 Å². The molecule has 2 amide bonds. The van der Waals surface area contributed by atoms with Crippen LogP contribution in [-0.4, -0.2) is 18.9 Å². The predicted molar refractivity (Wildman–Crippen MR) is 98.8 cm³/mol. The first kappa shape index (κ1) is 17.3. The van der Waals surface area contributed by atoms with Gasteiger partial charge in [-0.1, -0.05) is 18.2 Å². The third kappa shape index (κ3) is 3.75. The highest BCUT2D eigenvalue weighted by Crippen LogP contribution is 2.21. The fourth-order valence-corrected chi connectivity index (χ4v) is 2.50. The molecule has 0 aliphatic rings. The number of carbonyl (C=O) groups is 2. The van der Waals surface area contributed by atoms with Crippen molar-refractivity contribution in [3.8, 4) is 5.75 Å². The van der Waals surface area contributed by atoms with E-state index in [9.17, 15) is 9.59 Å². The topological polar surface area (TPSA) is 80.6 Å². The number of carbonyl (C=O) groups excluding carboxylic acids is 2. The van der Waals surface area contributed by atoms with E-state index in [1.807, 2.05) is 0 Å². The van der Waals surface area contributed by atoms with Crippen LogP contribution in [0.1, 0.15) is 26.5 Å². The van der Waals surface area contributed by atoms with Crippen LogP contribution in [0.3, 0.4) is 0 Å². The second kappa shape index (κ2) is 7.57. The lowest BCUT2D eigenvalue weighted by Crippen LogP contribution is -2.18. The van der Waals surface area contributed by atoms with Crippen LogP contribution < -0.4 is 15.4 Å². The van der Waals surface area contributed by atoms with E-state index in [1.165, 1.54) is 6.26 Å². The Labute approximate surface area is 150 Å². The zero-order valence-electron chi connectivity index (χ0n) is 14.4. The molecule has 0 radical (unpaired) electrons. The minimum absolute atomic E-state index is 0.335. The van der Waals surface area contributed by atoms with E-state index in [2.05, 4.69) is 10.6 Å². The number of methoxy groups -OCH3 is 1. The van der Waals surface area contributed by atoms with Crippen molar-refractivity contribution in [2.24, 2.45) is 0 Å². The number of para-hydroxylation sites is 1. The molecule has 0 fully saturated rings. The molecule has 1 heterocycles. The van der Waals surface area contributed by atoms with Gasteiger partial charge < -0.3 is 19.8 Å². The molecule has 0 aliphatic carbocycles. The first-order valence-corrected chi connectivity index (χ1v) is 7.98. The highest BCUT2D eigenvalue weighted by atomic mass is 16.5. The molecule has 0 bridgehead atoms. The van der Waals surface area contributed by atoms with Gasteiger partial charge in [0.05, 0.1) is 30.2 Å². The van der Waals surface area contributed by atoms with Crippen LogP contribution in [0.25, 0.3) is 0 Å². The summed E-state index contributed by atoms with van der Waals surface area (Å²) >= 11 is 0. The van der Waals surface area contributed by atoms with Crippen molar-refractivity contribution in [3.63, 3.8) is 0 Å². The van der Waals surface area contributed by atoms with Gasteiger partial charge in [-0.2, -0.15) is 0 Å². The zero-order chi connectivity index (χ0) is 18.5. The standard InChI is InChI=1S/C20H18N2O4/c1-13-16(10-11-26-13)19(23)22-18-9-4-3-8-17(18)20(24)21-14-6-5-7-15(12-14)25-2/h3-12H,1-2H3,(H,21,24)(H,22,23). The Morgan fingerprint density at radius 1 is 0.923 bits per heavy atom. The molecule has 0 unspecified atom stereocenters. The van der Waals surface area contributed by atoms with Crippen LogP contribution >= 0.6 is 0 Å². The molecule has 0 atom stereocenters. The molecule has 2 aromatic carbocycles. The van der Waals surface area contributed by atoms with E-state index in [0.29, 0.717) is 34.0 Å². The third-order valence-corrected chi connectivity index (χ3v) is 3.85. The van der Waals surface area contributed by atoms with Crippen molar-refractivity contribution in [3.05, 3.63) is 77.7 Å². The Morgan fingerprint density at radius 2 is 1.69 bits per heavy atom. The lowest BCUT2D eigenvalue weighted by molar-refractivity contribution is 0.102. The van der Waals surface area contributed by atoms with Gasteiger partial charge >= 0.3 is 0 Å². The lowest BCUT2D eigenvalue weighted by Gasteiger charge is -2.12. The Balaban J connectivity index is 1.81. The molecule has 0 saturated carbocycles. The van der Waals surface area contributed by atoms with Crippen LogP contribution in [0.15, 0.2) is 65.3 Å². The molecule has 6 nitrogen and oxygen atoms in total. The number of nitrogens with one attached hydrogen (secondary N) is 2. The average Bonchev–Trinajstić information content (AvgIpc) is 3.08. The van der Waals surface area contributed by atoms with Gasteiger partial charge in [0.25, 0.3) is 11.8 Å². The fourth-order valence-electron chi connectivity index (χ4n) is 2.50. The van der Waals surface area contributed by atoms with E-state index in [-0.39, 0.29) is 11.8 Å². The van der Waals surface area contributed by atoms with Crippen molar-refractivity contribution in [2.45, 2.75) is 6.92 Å². The lowest BCUT2D eigenvalue weighted by atomic mass is 10.1. The Bertz CT molecular complexity index is 946. The van der Waals surface area contributed by atoms with Crippen LogP contribution in [0, 0.1) is 6.92 Å². The summed E-state index contributed by atoms with van der Waals surface area (Å²) in [4.78, 5) is 25.0. The molecular weight excluding hydrogens is 332 g/mol. The zero-order valence-corrected chi connectivity index (χ0v) is 14.4. The minimum Gasteiger partial charge on any atom is -0.497 e. The van der Waals surface area contributed by atoms with Gasteiger partial charge in [0.1, 0.15) is 11.5 Å². The maximum atomic E-state index is 12.6. The molecular formula is C20H18N2O4. The number of benzene rings is 2. The summed E-state index contributed by atoms with van der Waals surface area (Å²) in [6.07, 6.45) is 1.45. The third-order valence-electron chi connectivity index (χ3n) is 3.85. The normalized spacial score (nSPS) is 10.2. The van der Waals surface area contributed by atoms with Crippen LogP contribution in [0.5, 0.6) is 5.75 Å². The summed E-state index contributed by atoms with van der Waals surface area (Å²) in [7, 11) is 1.56. The fraction of sp³-hybridized carbons (Fsp3) is 0.100. The number of rotatable bonds is 5. The summed E-state index contributed by atoms with van der Waals surface area (Å²) < 4.78 is 10.3. The molecule has 3 aromatic rings. The van der Waals surface area contributed by atoms with Crippen LogP contribution in [0.2, 0.25) is 0 Å². The highest BCUT2D eigenvalue weighted by Gasteiger charge is 2.16. The van der Waals surface area contributed by atoms with Crippen molar-refractivity contribution in [1.29, 1.82) is 0 Å². The maximum Gasteiger partial charge on any atom is 0.259 e. The number of anilines is 2. The molecule has 0 saturated heterocycles. The molecule has 3 rings (SSSR count). The van der Waals surface area contributed by atoms with Gasteiger partial charge in [-0.3, -0.25) is 9.59 Å². The number of furan rings is 1. The molecule has 26 heavy (non-hydrogen) atoms. The van der Waals surface area contributed by atoms with E-state index < -0.39 is 0 Å². The van der Waals surface area contributed by atoms with E-state index in [1.54, 1.807) is 68.6 Å². The highest BCUT2D eigenvalue weighted by molar-refractivity contribution is 6.12. The predicted octanol–water partition coefficient (Wildman–Crippen LogP) is 4.10. The smallest absolute Gasteiger partial charge is 0.259 e. The summed E-state index contributed by atoms with van der Waals surface area (Å²) in [5.41, 5.74) is 1.79. The van der Waals surface area contributed by atoms with Crippen molar-refractivity contribution in [2.75, 3.05) is 17.7 Å². The SMILES string of the molecule is COc1cccc(NC(=O)c2ccccc2NC(=O)c2ccoc2C)c1. The Kier molecular flexibility index (Phi) is 5.03. The second-order valence-corrected chi connectivity index (χ2v) is 5.58. The number of amides is 2. The van der Waals surface area contributed by atoms with Crippen molar-refractivity contribution >= 4 is 23.2 Å². The summed E-state index contributed by atoms with van der Waals surface area (Å²) in [6.45, 7) is 1.70. The number of aryl methyl sites for hydroxylation is 1. The second-order valence-electron chi connectivity index (χ2n) is 5.58. The average molecular weight is 350 g/mol. The van der Waals surface area contributed by atoms with Gasteiger partial charge in [-0.05, 0) is 37.3 Å². The molecule has 0 aliphatic heterocycles. The van der Waals surface area contributed by atoms with Crippen molar-refractivity contribution < 1.29 is 18.7 Å². The van der Waals surface area contributed by atoms with Gasteiger partial charge in [-0.25, -0.2) is 0 Å². The van der Waals surface area contributed by atoms with E-state index in [0.717, 1.165) is 0 Å². The van der Waals surface area contributed by atoms with Gasteiger partial charge in [-0.15, -0.1) is 0 Å². The van der Waals surface area contributed by atoms with Crippen molar-refractivity contribution in [1.82, 2.24) is 0 Å². The quantitative estimate of drug-likeness (QED) is 0.726. The number of hydrogen-bond acceptors (Lipinski definition) is 4. The monoisotopic (exact) mass is 350 g/mol. The molecule has 2 N–H and O–H groups in total. The van der Waals surface area contributed by atoms with Gasteiger partial charge in [0.15, 0.2) is 0 Å². The molecule has 132 valence electrons. The molecule has 0 spiro atoms. The Hall–Kier alpha value is -3.54. The largest absolute Gasteiger partial charge is 0.497 e. The summed E-state index contributed by atoms with van der Waals surface area (Å²) in [5.74, 6) is 0.483. The summed E-state index contributed by atoms with van der Waals surface area (Å²) in [6, 6.07) is 15.4. The van der Waals surface area contributed by atoms with E-state index >= 15 is 0 Å². The molecule has 6 heteroatoms.